The van der Waals surface area contributed by atoms with Crippen molar-refractivity contribution >= 4 is 17.2 Å². The van der Waals surface area contributed by atoms with E-state index in [-0.39, 0.29) is 5.91 Å². The molecule has 0 aliphatic carbocycles. The van der Waals surface area contributed by atoms with Gasteiger partial charge in [0.25, 0.3) is 5.91 Å². The van der Waals surface area contributed by atoms with Crippen LogP contribution in [0.15, 0.2) is 11.4 Å². The Balaban J connectivity index is 2.60. The second-order valence-corrected chi connectivity index (χ2v) is 4.10. The maximum absolute atomic E-state index is 11.6. The van der Waals surface area contributed by atoms with Crippen molar-refractivity contribution in [2.45, 2.75) is 26.4 Å². The zero-order valence-electron chi connectivity index (χ0n) is 8.41. The zero-order chi connectivity index (χ0) is 10.6. The third-order valence-corrected chi connectivity index (χ3v) is 2.85. The maximum Gasteiger partial charge on any atom is 0.261 e. The van der Waals surface area contributed by atoms with Crippen molar-refractivity contribution in [1.29, 1.82) is 0 Å². The Kier molecular flexibility index (Phi) is 4.10. The van der Waals surface area contributed by atoms with Crippen molar-refractivity contribution in [3.05, 3.63) is 21.9 Å². The number of carbonyl (C=O) groups excluding carboxylic acids is 1. The summed E-state index contributed by atoms with van der Waals surface area (Å²) >= 11 is 1.44. The Bertz CT molecular complexity index is 307. The lowest BCUT2D eigenvalue weighted by Gasteiger charge is -2.06. The molecule has 4 heteroatoms. The number of aliphatic hydroxyl groups excluding tert-OH is 1. The third kappa shape index (κ3) is 2.82. The van der Waals surface area contributed by atoms with E-state index >= 15 is 0 Å². The number of rotatable bonds is 4. The summed E-state index contributed by atoms with van der Waals surface area (Å²) in [6, 6.07) is 1.96. The fourth-order valence-corrected chi connectivity index (χ4v) is 2.05. The normalized spacial score (nSPS) is 12.5. The van der Waals surface area contributed by atoms with Crippen LogP contribution in [0, 0.1) is 0 Å². The van der Waals surface area contributed by atoms with Crippen LogP contribution in [0.4, 0.5) is 0 Å². The van der Waals surface area contributed by atoms with E-state index in [4.69, 9.17) is 5.11 Å². The molecule has 1 rings (SSSR count). The molecule has 0 unspecified atom stereocenters. The molecule has 1 atom stereocenters. The molecule has 0 spiro atoms. The summed E-state index contributed by atoms with van der Waals surface area (Å²) in [6.45, 7) is 3.98. The highest BCUT2D eigenvalue weighted by Gasteiger charge is 2.11. The summed E-state index contributed by atoms with van der Waals surface area (Å²) in [5, 5.41) is 13.6. The van der Waals surface area contributed by atoms with Crippen LogP contribution in [-0.2, 0) is 6.42 Å². The number of aliphatic hydroxyl groups is 1. The van der Waals surface area contributed by atoms with E-state index in [9.17, 15) is 4.79 Å². The Morgan fingerprint density at radius 3 is 3.00 bits per heavy atom. The molecule has 2 N–H and O–H groups in total. The van der Waals surface area contributed by atoms with Gasteiger partial charge in [-0.3, -0.25) is 4.79 Å². The smallest absolute Gasteiger partial charge is 0.261 e. The van der Waals surface area contributed by atoms with Crippen molar-refractivity contribution in [3.63, 3.8) is 0 Å². The quantitative estimate of drug-likeness (QED) is 0.794. The fourth-order valence-electron chi connectivity index (χ4n) is 1.13. The molecule has 14 heavy (non-hydrogen) atoms. The summed E-state index contributed by atoms with van der Waals surface area (Å²) in [5.74, 6) is -0.0854. The van der Waals surface area contributed by atoms with Crippen molar-refractivity contribution in [1.82, 2.24) is 5.32 Å². The van der Waals surface area contributed by atoms with E-state index in [1.807, 2.05) is 18.4 Å². The van der Waals surface area contributed by atoms with Gasteiger partial charge < -0.3 is 10.4 Å². The van der Waals surface area contributed by atoms with E-state index in [1.165, 1.54) is 11.3 Å². The highest BCUT2D eigenvalue weighted by atomic mass is 32.1. The van der Waals surface area contributed by atoms with Gasteiger partial charge in [-0.2, -0.15) is 0 Å². The maximum atomic E-state index is 11.6. The Hall–Kier alpha value is -0.870. The van der Waals surface area contributed by atoms with Gasteiger partial charge in [0.05, 0.1) is 11.0 Å². The van der Waals surface area contributed by atoms with Crippen molar-refractivity contribution in [2.75, 3.05) is 6.54 Å². The summed E-state index contributed by atoms with van der Waals surface area (Å²) in [6.07, 6.45) is 0.366. The first kappa shape index (κ1) is 11.2. The number of carbonyl (C=O) groups is 1. The molecular formula is C10H15NO2S. The van der Waals surface area contributed by atoms with Crippen LogP contribution in [0.3, 0.4) is 0 Å². The van der Waals surface area contributed by atoms with Crippen LogP contribution in [0.1, 0.15) is 29.1 Å². The second-order valence-electron chi connectivity index (χ2n) is 3.19. The Morgan fingerprint density at radius 2 is 2.43 bits per heavy atom. The van der Waals surface area contributed by atoms with E-state index in [0.29, 0.717) is 6.54 Å². The van der Waals surface area contributed by atoms with Gasteiger partial charge in [0.15, 0.2) is 0 Å². The number of nitrogens with one attached hydrogen (secondary N) is 1. The van der Waals surface area contributed by atoms with Crippen molar-refractivity contribution in [3.8, 4) is 0 Å². The fraction of sp³-hybridized carbons (Fsp3) is 0.500. The van der Waals surface area contributed by atoms with Gasteiger partial charge in [-0.05, 0) is 30.4 Å². The molecule has 1 amide bonds. The van der Waals surface area contributed by atoms with Crippen LogP contribution in [-0.4, -0.2) is 23.7 Å². The van der Waals surface area contributed by atoms with Gasteiger partial charge in [0.1, 0.15) is 0 Å². The predicted octanol–water partition coefficient (Wildman–Crippen LogP) is 1.42. The molecule has 1 heterocycles. The van der Waals surface area contributed by atoms with Gasteiger partial charge >= 0.3 is 0 Å². The van der Waals surface area contributed by atoms with Gasteiger partial charge in [0, 0.05) is 6.54 Å². The van der Waals surface area contributed by atoms with Gasteiger partial charge in [0.2, 0.25) is 0 Å². The first-order valence-corrected chi connectivity index (χ1v) is 5.55. The molecule has 78 valence electrons. The average molecular weight is 213 g/mol. The zero-order valence-corrected chi connectivity index (χ0v) is 9.23. The molecule has 0 saturated carbocycles. The predicted molar refractivity (Wildman–Crippen MR) is 57.7 cm³/mol. The minimum Gasteiger partial charge on any atom is -0.392 e. The van der Waals surface area contributed by atoms with Crippen LogP contribution in [0.2, 0.25) is 0 Å². The number of thiophene rings is 1. The first-order chi connectivity index (χ1) is 6.65. The van der Waals surface area contributed by atoms with Gasteiger partial charge in [-0.25, -0.2) is 0 Å². The molecule has 0 saturated heterocycles. The molecule has 1 aromatic heterocycles. The standard InChI is InChI=1S/C10H15NO2S/c1-3-8-4-5-14-9(8)10(13)11-6-7(2)12/h4-5,7,12H,3,6H2,1-2H3,(H,11,13)/t7-/m0/s1. The molecule has 0 aromatic carbocycles. The molecule has 0 radical (unpaired) electrons. The molecule has 3 nitrogen and oxygen atoms in total. The van der Waals surface area contributed by atoms with Gasteiger partial charge in [-0.15, -0.1) is 11.3 Å². The van der Waals surface area contributed by atoms with Crippen molar-refractivity contribution < 1.29 is 9.90 Å². The summed E-state index contributed by atoms with van der Waals surface area (Å²) in [7, 11) is 0. The molecule has 1 aromatic rings. The summed E-state index contributed by atoms with van der Waals surface area (Å²) in [5.41, 5.74) is 1.07. The molecule has 0 bridgehead atoms. The lowest BCUT2D eigenvalue weighted by molar-refractivity contribution is 0.0927. The van der Waals surface area contributed by atoms with Crippen LogP contribution in [0.5, 0.6) is 0 Å². The largest absolute Gasteiger partial charge is 0.392 e. The topological polar surface area (TPSA) is 49.3 Å². The monoisotopic (exact) mass is 213 g/mol. The molecule has 0 aliphatic rings. The number of aryl methyl sites for hydroxylation is 1. The first-order valence-electron chi connectivity index (χ1n) is 4.67. The molecule has 0 fully saturated rings. The highest BCUT2D eigenvalue weighted by molar-refractivity contribution is 7.12. The number of amides is 1. The number of hydrogen-bond donors (Lipinski definition) is 2. The summed E-state index contributed by atoms with van der Waals surface area (Å²) in [4.78, 5) is 12.3. The minimum absolute atomic E-state index is 0.0854. The Morgan fingerprint density at radius 1 is 1.71 bits per heavy atom. The minimum atomic E-state index is -0.496. The van der Waals surface area contributed by atoms with E-state index in [2.05, 4.69) is 5.32 Å². The molecule has 0 aliphatic heterocycles. The summed E-state index contributed by atoms with van der Waals surface area (Å²) < 4.78 is 0. The highest BCUT2D eigenvalue weighted by Crippen LogP contribution is 2.16. The Labute approximate surface area is 87.8 Å². The SMILES string of the molecule is CCc1ccsc1C(=O)NC[C@H](C)O. The average Bonchev–Trinajstić information content (AvgIpc) is 2.61. The third-order valence-electron chi connectivity index (χ3n) is 1.89. The van der Waals surface area contributed by atoms with Crippen LogP contribution < -0.4 is 5.32 Å². The second kappa shape index (κ2) is 5.12. The van der Waals surface area contributed by atoms with E-state index < -0.39 is 6.10 Å². The van der Waals surface area contributed by atoms with E-state index in [1.54, 1.807) is 6.92 Å². The number of hydrogen-bond acceptors (Lipinski definition) is 3. The van der Waals surface area contributed by atoms with E-state index in [0.717, 1.165) is 16.9 Å². The van der Waals surface area contributed by atoms with Gasteiger partial charge in [-0.1, -0.05) is 6.92 Å². The van der Waals surface area contributed by atoms with Crippen LogP contribution in [0.25, 0.3) is 0 Å². The lowest BCUT2D eigenvalue weighted by atomic mass is 10.2. The lowest BCUT2D eigenvalue weighted by Crippen LogP contribution is -2.30. The molecular weight excluding hydrogens is 198 g/mol. The van der Waals surface area contributed by atoms with Crippen molar-refractivity contribution in [2.24, 2.45) is 0 Å². The van der Waals surface area contributed by atoms with Crippen LogP contribution >= 0.6 is 11.3 Å².